The van der Waals surface area contributed by atoms with Crippen LogP contribution in [-0.2, 0) is 25.6 Å². The van der Waals surface area contributed by atoms with Crippen molar-refractivity contribution in [1.29, 1.82) is 0 Å². The van der Waals surface area contributed by atoms with Gasteiger partial charge in [-0.25, -0.2) is 0 Å². The predicted octanol–water partition coefficient (Wildman–Crippen LogP) is 7.09. The lowest BCUT2D eigenvalue weighted by Gasteiger charge is -2.15. The molecule has 0 fully saturated rings. The van der Waals surface area contributed by atoms with Crippen LogP contribution in [0.15, 0.2) is 65.7 Å². The maximum Gasteiger partial charge on any atom is 0.416 e. The minimum atomic E-state index is -4.75. The molecule has 1 aromatic heterocycles. The van der Waals surface area contributed by atoms with Crippen molar-refractivity contribution in [3.05, 3.63) is 88.0 Å². The second-order valence-corrected chi connectivity index (χ2v) is 8.14. The number of benzene rings is 2. The highest BCUT2D eigenvalue weighted by atomic mass is 19.4. The number of aryl methyl sites for hydroxylation is 2. The first kappa shape index (κ1) is 25.4. The summed E-state index contributed by atoms with van der Waals surface area (Å²) in [6, 6.07) is 9.52. The molecule has 0 atom stereocenters. The molecule has 0 unspecified atom stereocenters. The summed E-state index contributed by atoms with van der Waals surface area (Å²) in [5.74, 6) is 0. The maximum absolute atomic E-state index is 13.2. The molecule has 34 heavy (non-hydrogen) atoms. The molecule has 0 spiro atoms. The highest BCUT2D eigenvalue weighted by Crippen LogP contribution is 2.33. The Morgan fingerprint density at radius 3 is 2.35 bits per heavy atom. The SMILES string of the molecule is C=C(CCc1cc(CC(F)(F)F)cc(C(F)(F)F)c1)Nc1cccc2c(=O)n(CCC)ccc12. The third-order valence-electron chi connectivity index (χ3n) is 5.29. The van der Waals surface area contributed by atoms with E-state index in [-0.39, 0.29) is 24.0 Å². The van der Waals surface area contributed by atoms with E-state index in [1.54, 1.807) is 35.0 Å². The molecule has 1 N–H and O–H groups in total. The van der Waals surface area contributed by atoms with Gasteiger partial charge in [-0.15, -0.1) is 0 Å². The number of hydrogen-bond acceptors (Lipinski definition) is 2. The van der Waals surface area contributed by atoms with E-state index in [2.05, 4.69) is 11.9 Å². The lowest BCUT2D eigenvalue weighted by Crippen LogP contribution is -2.19. The molecular formula is C25H24F6N2O. The predicted molar refractivity (Wildman–Crippen MR) is 121 cm³/mol. The Bertz CT molecular complexity index is 1240. The van der Waals surface area contributed by atoms with Crippen molar-refractivity contribution in [2.75, 3.05) is 5.32 Å². The van der Waals surface area contributed by atoms with Gasteiger partial charge in [-0.2, -0.15) is 26.3 Å². The standard InChI is InChI=1S/C25H24F6N2O/c1-3-10-33-11-9-20-21(23(33)34)5-4-6-22(20)32-16(2)7-8-17-12-18(15-24(26,27)28)14-19(13-17)25(29,30)31/h4-6,9,11-14,32H,2-3,7-8,10,15H2,1H3. The summed E-state index contributed by atoms with van der Waals surface area (Å²) in [7, 11) is 0. The molecule has 3 rings (SSSR count). The van der Waals surface area contributed by atoms with Crippen molar-refractivity contribution in [2.45, 2.75) is 51.5 Å². The van der Waals surface area contributed by atoms with Gasteiger partial charge in [0, 0.05) is 34.9 Å². The Morgan fingerprint density at radius 1 is 1.00 bits per heavy atom. The number of hydrogen-bond donors (Lipinski definition) is 1. The molecular weight excluding hydrogens is 458 g/mol. The van der Waals surface area contributed by atoms with Gasteiger partial charge in [0.15, 0.2) is 0 Å². The summed E-state index contributed by atoms with van der Waals surface area (Å²) in [5.41, 5.74) is -0.467. The van der Waals surface area contributed by atoms with E-state index in [1.807, 2.05) is 6.92 Å². The average molecular weight is 482 g/mol. The number of anilines is 1. The Kier molecular flexibility index (Phi) is 7.43. The van der Waals surface area contributed by atoms with Crippen LogP contribution in [-0.4, -0.2) is 10.7 Å². The first-order valence-electron chi connectivity index (χ1n) is 10.7. The largest absolute Gasteiger partial charge is 0.416 e. The lowest BCUT2D eigenvalue weighted by atomic mass is 9.99. The molecule has 9 heteroatoms. The van der Waals surface area contributed by atoms with E-state index in [0.29, 0.717) is 34.8 Å². The summed E-state index contributed by atoms with van der Waals surface area (Å²) >= 11 is 0. The number of aromatic nitrogens is 1. The van der Waals surface area contributed by atoms with E-state index in [0.717, 1.165) is 18.6 Å². The number of fused-ring (bicyclic) bond motifs is 1. The molecule has 0 aliphatic heterocycles. The molecule has 0 bridgehead atoms. The fraction of sp³-hybridized carbons (Fsp3) is 0.320. The van der Waals surface area contributed by atoms with Crippen LogP contribution in [0.3, 0.4) is 0 Å². The normalized spacial score (nSPS) is 12.2. The van der Waals surface area contributed by atoms with Gasteiger partial charge >= 0.3 is 12.4 Å². The summed E-state index contributed by atoms with van der Waals surface area (Å²) in [4.78, 5) is 12.7. The molecule has 2 aromatic carbocycles. The molecule has 3 nitrogen and oxygen atoms in total. The van der Waals surface area contributed by atoms with Crippen molar-refractivity contribution >= 4 is 16.5 Å². The Labute approximate surface area is 192 Å². The third-order valence-corrected chi connectivity index (χ3v) is 5.29. The van der Waals surface area contributed by atoms with Crippen molar-refractivity contribution < 1.29 is 26.3 Å². The maximum atomic E-state index is 13.2. The fourth-order valence-electron chi connectivity index (χ4n) is 3.80. The van der Waals surface area contributed by atoms with Crippen LogP contribution < -0.4 is 10.9 Å². The first-order chi connectivity index (χ1) is 15.9. The number of halogens is 6. The van der Waals surface area contributed by atoms with Crippen LogP contribution in [0.25, 0.3) is 10.8 Å². The summed E-state index contributed by atoms with van der Waals surface area (Å²) in [6.45, 7) is 6.45. The smallest absolute Gasteiger partial charge is 0.359 e. The van der Waals surface area contributed by atoms with E-state index in [1.165, 1.54) is 0 Å². The van der Waals surface area contributed by atoms with Crippen molar-refractivity contribution in [1.82, 2.24) is 4.57 Å². The van der Waals surface area contributed by atoms with Gasteiger partial charge in [-0.3, -0.25) is 4.79 Å². The first-order valence-corrected chi connectivity index (χ1v) is 10.7. The lowest BCUT2D eigenvalue weighted by molar-refractivity contribution is -0.138. The molecule has 3 aromatic rings. The second-order valence-electron chi connectivity index (χ2n) is 8.14. The molecule has 0 aliphatic carbocycles. The number of nitrogens with zero attached hydrogens (tertiary/aromatic N) is 1. The molecule has 0 saturated heterocycles. The molecule has 182 valence electrons. The van der Waals surface area contributed by atoms with Crippen LogP contribution in [0, 0.1) is 0 Å². The van der Waals surface area contributed by atoms with E-state index in [9.17, 15) is 31.1 Å². The molecule has 0 saturated carbocycles. The topological polar surface area (TPSA) is 34.0 Å². The summed E-state index contributed by atoms with van der Waals surface area (Å²) < 4.78 is 79.4. The molecule has 0 aliphatic rings. The van der Waals surface area contributed by atoms with Crippen LogP contribution in [0.4, 0.5) is 32.0 Å². The average Bonchev–Trinajstić information content (AvgIpc) is 2.73. The highest BCUT2D eigenvalue weighted by Gasteiger charge is 2.33. The molecule has 1 heterocycles. The Hall–Kier alpha value is -3.23. The minimum absolute atomic E-state index is 0.0642. The second kappa shape index (κ2) is 9.95. The monoisotopic (exact) mass is 482 g/mol. The zero-order valence-corrected chi connectivity index (χ0v) is 18.5. The minimum Gasteiger partial charge on any atom is -0.359 e. The highest BCUT2D eigenvalue weighted by molar-refractivity contribution is 5.93. The number of pyridine rings is 1. The quantitative estimate of drug-likeness (QED) is 0.348. The van der Waals surface area contributed by atoms with Crippen LogP contribution in [0.5, 0.6) is 0 Å². The zero-order valence-electron chi connectivity index (χ0n) is 18.5. The van der Waals surface area contributed by atoms with Gasteiger partial charge in [0.25, 0.3) is 5.56 Å². The van der Waals surface area contributed by atoms with Gasteiger partial charge in [-0.05, 0) is 60.7 Å². The van der Waals surface area contributed by atoms with Gasteiger partial charge in [0.2, 0.25) is 0 Å². The number of rotatable bonds is 8. The van der Waals surface area contributed by atoms with E-state index >= 15 is 0 Å². The van der Waals surface area contributed by atoms with Gasteiger partial charge < -0.3 is 9.88 Å². The van der Waals surface area contributed by atoms with Gasteiger partial charge in [0.05, 0.1) is 12.0 Å². The van der Waals surface area contributed by atoms with Crippen molar-refractivity contribution in [3.8, 4) is 0 Å². The van der Waals surface area contributed by atoms with Gasteiger partial charge in [-0.1, -0.05) is 25.6 Å². The molecule has 0 amide bonds. The van der Waals surface area contributed by atoms with Gasteiger partial charge in [0.1, 0.15) is 0 Å². The van der Waals surface area contributed by atoms with Crippen molar-refractivity contribution in [2.24, 2.45) is 0 Å². The Morgan fingerprint density at radius 2 is 1.71 bits per heavy atom. The molecule has 0 radical (unpaired) electrons. The summed E-state index contributed by atoms with van der Waals surface area (Å²) in [5, 5.41) is 4.28. The number of allylic oxidation sites excluding steroid dienone is 1. The third kappa shape index (κ3) is 6.42. The number of nitrogens with one attached hydrogen (secondary N) is 1. The van der Waals surface area contributed by atoms with Crippen molar-refractivity contribution in [3.63, 3.8) is 0 Å². The zero-order chi connectivity index (χ0) is 25.1. The van der Waals surface area contributed by atoms with E-state index in [4.69, 9.17) is 0 Å². The van der Waals surface area contributed by atoms with Crippen LogP contribution in [0.2, 0.25) is 0 Å². The fourth-order valence-corrected chi connectivity index (χ4v) is 3.80. The number of alkyl halides is 6. The van der Waals surface area contributed by atoms with Crippen LogP contribution >= 0.6 is 0 Å². The van der Waals surface area contributed by atoms with E-state index < -0.39 is 29.9 Å². The summed E-state index contributed by atoms with van der Waals surface area (Å²) in [6.07, 6.45) is -8.04. The Balaban J connectivity index is 1.79. The van der Waals surface area contributed by atoms with Crippen LogP contribution in [0.1, 0.15) is 36.5 Å².